The van der Waals surface area contributed by atoms with Crippen molar-refractivity contribution >= 4 is 23.3 Å². The molecule has 5 nitrogen and oxygen atoms in total. The van der Waals surface area contributed by atoms with E-state index in [1.165, 1.54) is 12.1 Å². The zero-order valence-corrected chi connectivity index (χ0v) is 14.7. The summed E-state index contributed by atoms with van der Waals surface area (Å²) in [5.41, 5.74) is 0.580. The van der Waals surface area contributed by atoms with Crippen molar-refractivity contribution in [3.05, 3.63) is 65.7 Å². The number of anilines is 1. The van der Waals surface area contributed by atoms with Crippen LogP contribution in [0.15, 0.2) is 54.6 Å². The minimum atomic E-state index is -5.01. The Bertz CT molecular complexity index is 897. The Hall–Kier alpha value is -3.16. The molecular formula is C20H17F3N2O3. The number of halogens is 3. The molecule has 3 rings (SSSR count). The van der Waals surface area contributed by atoms with Gasteiger partial charge in [-0.25, -0.2) is 0 Å². The minimum Gasteiger partial charge on any atom is -0.328 e. The van der Waals surface area contributed by atoms with Gasteiger partial charge < -0.3 is 10.2 Å². The van der Waals surface area contributed by atoms with Gasteiger partial charge >= 0.3 is 6.18 Å². The molecule has 1 aliphatic rings. The number of benzene rings is 2. The first kappa shape index (κ1) is 19.6. The van der Waals surface area contributed by atoms with Crippen LogP contribution in [0.5, 0.6) is 0 Å². The second-order valence-electron chi connectivity index (χ2n) is 6.38. The summed E-state index contributed by atoms with van der Waals surface area (Å²) in [4.78, 5) is 37.9. The fourth-order valence-electron chi connectivity index (χ4n) is 3.19. The van der Waals surface area contributed by atoms with Crippen LogP contribution >= 0.6 is 0 Å². The van der Waals surface area contributed by atoms with Crippen LogP contribution in [0.4, 0.5) is 18.9 Å². The third-order valence-corrected chi connectivity index (χ3v) is 4.54. The minimum absolute atomic E-state index is 0.0358. The standard InChI is InChI=1S/C20H17F3N2O3/c21-20(22,23)17(26)16-11-6-12-25(16)19(28)14-9-4-5-10-15(14)24-18(27)13-7-2-1-3-8-13/h1-5,7-10,16H,6,11-12H2,(H,24,27)/t16-/m0/s1. The molecule has 28 heavy (non-hydrogen) atoms. The number of hydrogen-bond donors (Lipinski definition) is 1. The van der Waals surface area contributed by atoms with Gasteiger partial charge in [0.15, 0.2) is 0 Å². The topological polar surface area (TPSA) is 66.5 Å². The van der Waals surface area contributed by atoms with Crippen molar-refractivity contribution in [1.29, 1.82) is 0 Å². The summed E-state index contributed by atoms with van der Waals surface area (Å²) in [5, 5.41) is 2.61. The van der Waals surface area contributed by atoms with E-state index < -0.39 is 29.8 Å². The van der Waals surface area contributed by atoms with Crippen molar-refractivity contribution in [2.75, 3.05) is 11.9 Å². The van der Waals surface area contributed by atoms with Crippen molar-refractivity contribution in [2.45, 2.75) is 25.1 Å². The van der Waals surface area contributed by atoms with E-state index in [9.17, 15) is 27.6 Å². The molecule has 1 N–H and O–H groups in total. The first-order valence-electron chi connectivity index (χ1n) is 8.66. The molecule has 0 aliphatic carbocycles. The van der Waals surface area contributed by atoms with Crippen molar-refractivity contribution in [1.82, 2.24) is 4.90 Å². The van der Waals surface area contributed by atoms with E-state index in [0.717, 1.165) is 4.90 Å². The zero-order chi connectivity index (χ0) is 20.3. The van der Waals surface area contributed by atoms with E-state index in [0.29, 0.717) is 12.0 Å². The number of para-hydroxylation sites is 1. The number of carbonyl (C=O) groups excluding carboxylic acids is 3. The van der Waals surface area contributed by atoms with Gasteiger partial charge in [-0.3, -0.25) is 14.4 Å². The van der Waals surface area contributed by atoms with E-state index >= 15 is 0 Å². The van der Waals surface area contributed by atoms with Gasteiger partial charge in [0.25, 0.3) is 17.6 Å². The SMILES string of the molecule is O=C(Nc1ccccc1C(=O)N1CCC[C@H]1C(=O)C(F)(F)F)c1ccccc1. The lowest BCUT2D eigenvalue weighted by molar-refractivity contribution is -0.175. The van der Waals surface area contributed by atoms with Crippen LogP contribution in [-0.4, -0.2) is 41.3 Å². The fraction of sp³-hybridized carbons (Fsp3) is 0.250. The van der Waals surface area contributed by atoms with Gasteiger partial charge in [-0.1, -0.05) is 30.3 Å². The molecule has 2 aromatic carbocycles. The summed E-state index contributed by atoms with van der Waals surface area (Å²) in [6.07, 6.45) is -4.74. The largest absolute Gasteiger partial charge is 0.452 e. The second kappa shape index (κ2) is 7.84. The summed E-state index contributed by atoms with van der Waals surface area (Å²) in [7, 11) is 0. The predicted molar refractivity (Wildman–Crippen MR) is 96.0 cm³/mol. The number of alkyl halides is 3. The van der Waals surface area contributed by atoms with E-state index in [1.54, 1.807) is 42.5 Å². The summed E-state index contributed by atoms with van der Waals surface area (Å²) in [6, 6.07) is 12.8. The lowest BCUT2D eigenvalue weighted by Gasteiger charge is -2.25. The molecule has 0 spiro atoms. The molecule has 1 atom stereocenters. The maximum atomic E-state index is 12.9. The van der Waals surface area contributed by atoms with Crippen LogP contribution in [-0.2, 0) is 4.79 Å². The summed E-state index contributed by atoms with van der Waals surface area (Å²) < 4.78 is 38.5. The molecule has 2 amide bonds. The quantitative estimate of drug-likeness (QED) is 0.866. The number of nitrogens with zero attached hydrogens (tertiary/aromatic N) is 1. The average Bonchev–Trinajstić information content (AvgIpc) is 3.16. The number of carbonyl (C=O) groups is 3. The molecule has 1 aliphatic heterocycles. The monoisotopic (exact) mass is 390 g/mol. The third-order valence-electron chi connectivity index (χ3n) is 4.54. The van der Waals surface area contributed by atoms with Gasteiger partial charge in [-0.2, -0.15) is 13.2 Å². The van der Waals surface area contributed by atoms with E-state index in [4.69, 9.17) is 0 Å². The van der Waals surface area contributed by atoms with Crippen LogP contribution in [0.1, 0.15) is 33.6 Å². The molecule has 2 aromatic rings. The van der Waals surface area contributed by atoms with Crippen LogP contribution in [0, 0.1) is 0 Å². The highest BCUT2D eigenvalue weighted by Gasteiger charge is 2.48. The number of rotatable bonds is 4. The third kappa shape index (κ3) is 4.05. The molecule has 0 radical (unpaired) electrons. The number of nitrogens with one attached hydrogen (secondary N) is 1. The number of likely N-dealkylation sites (tertiary alicyclic amines) is 1. The fourth-order valence-corrected chi connectivity index (χ4v) is 3.19. The predicted octanol–water partition coefficient (Wildman–Crippen LogP) is 3.67. The van der Waals surface area contributed by atoms with Gasteiger partial charge in [-0.05, 0) is 37.1 Å². The second-order valence-corrected chi connectivity index (χ2v) is 6.38. The molecule has 0 saturated carbocycles. The maximum absolute atomic E-state index is 12.9. The Morgan fingerprint density at radius 3 is 2.29 bits per heavy atom. The van der Waals surface area contributed by atoms with Crippen molar-refractivity contribution < 1.29 is 27.6 Å². The summed E-state index contributed by atoms with van der Waals surface area (Å²) >= 11 is 0. The van der Waals surface area contributed by atoms with Crippen molar-refractivity contribution in [3.8, 4) is 0 Å². The van der Waals surface area contributed by atoms with Crippen molar-refractivity contribution in [2.24, 2.45) is 0 Å². The molecule has 8 heteroatoms. The van der Waals surface area contributed by atoms with Crippen LogP contribution in [0.3, 0.4) is 0 Å². The Morgan fingerprint density at radius 2 is 1.61 bits per heavy atom. The van der Waals surface area contributed by atoms with Crippen LogP contribution in [0.2, 0.25) is 0 Å². The Morgan fingerprint density at radius 1 is 0.964 bits per heavy atom. The molecule has 0 aromatic heterocycles. The smallest absolute Gasteiger partial charge is 0.328 e. The van der Waals surface area contributed by atoms with E-state index in [1.807, 2.05) is 0 Å². The number of Topliss-reactive ketones (excluding diaryl/α,β-unsaturated/α-hetero) is 1. The van der Waals surface area contributed by atoms with Gasteiger partial charge in [0.1, 0.15) is 6.04 Å². The molecule has 1 fully saturated rings. The Labute approximate surface area is 159 Å². The maximum Gasteiger partial charge on any atom is 0.452 e. The highest BCUT2D eigenvalue weighted by molar-refractivity contribution is 6.09. The normalized spacial score (nSPS) is 16.7. The van der Waals surface area contributed by atoms with E-state index in [-0.39, 0.29) is 24.2 Å². The van der Waals surface area contributed by atoms with Crippen molar-refractivity contribution in [3.63, 3.8) is 0 Å². The molecule has 0 unspecified atom stereocenters. The first-order chi connectivity index (χ1) is 13.3. The van der Waals surface area contributed by atoms with Crippen LogP contribution in [0.25, 0.3) is 0 Å². The van der Waals surface area contributed by atoms with Gasteiger partial charge in [-0.15, -0.1) is 0 Å². The lowest BCUT2D eigenvalue weighted by atomic mass is 10.1. The van der Waals surface area contributed by atoms with Gasteiger partial charge in [0.2, 0.25) is 0 Å². The molecule has 0 bridgehead atoms. The highest BCUT2D eigenvalue weighted by Crippen LogP contribution is 2.29. The highest BCUT2D eigenvalue weighted by atomic mass is 19.4. The number of amides is 2. The lowest BCUT2D eigenvalue weighted by Crippen LogP contribution is -2.46. The summed E-state index contributed by atoms with van der Waals surface area (Å²) in [5.74, 6) is -3.10. The number of ketones is 1. The summed E-state index contributed by atoms with van der Waals surface area (Å²) in [6.45, 7) is 0.0479. The Kier molecular flexibility index (Phi) is 5.48. The molecule has 1 saturated heterocycles. The zero-order valence-electron chi connectivity index (χ0n) is 14.7. The van der Waals surface area contributed by atoms with Gasteiger partial charge in [0, 0.05) is 12.1 Å². The molecule has 1 heterocycles. The molecule has 146 valence electrons. The molecular weight excluding hydrogens is 373 g/mol. The average molecular weight is 390 g/mol. The Balaban J connectivity index is 1.85. The number of hydrogen-bond acceptors (Lipinski definition) is 3. The first-order valence-corrected chi connectivity index (χ1v) is 8.66. The van der Waals surface area contributed by atoms with E-state index in [2.05, 4.69) is 5.32 Å². The van der Waals surface area contributed by atoms with Crippen LogP contribution < -0.4 is 5.32 Å². The van der Waals surface area contributed by atoms with Gasteiger partial charge in [0.05, 0.1) is 11.3 Å².